The van der Waals surface area contributed by atoms with Gasteiger partial charge >= 0.3 is 0 Å². The zero-order valence-corrected chi connectivity index (χ0v) is 22.6. The van der Waals surface area contributed by atoms with Gasteiger partial charge in [0.05, 0.1) is 11.9 Å². The Hall–Kier alpha value is -2.87. The number of anilines is 1. The highest BCUT2D eigenvalue weighted by Crippen LogP contribution is 2.23. The maximum atomic E-state index is 13.5. The lowest BCUT2D eigenvalue weighted by Crippen LogP contribution is -2.50. The summed E-state index contributed by atoms with van der Waals surface area (Å²) in [6.45, 7) is 10.0. The van der Waals surface area contributed by atoms with Crippen LogP contribution in [0.1, 0.15) is 56.7 Å². The average Bonchev–Trinajstić information content (AvgIpc) is 2.77. The SMILES string of the molecule is CCC(C(=O)NC(C)C)N(Cc1ccccc1C)C(=O)CCCN(c1ccccc1C)S(C)(=O)=O. The molecule has 1 unspecified atom stereocenters. The van der Waals surface area contributed by atoms with E-state index in [4.69, 9.17) is 0 Å². The zero-order chi connectivity index (χ0) is 26.2. The Kier molecular flexibility index (Phi) is 10.3. The van der Waals surface area contributed by atoms with Crippen LogP contribution in [0.2, 0.25) is 0 Å². The van der Waals surface area contributed by atoms with Gasteiger partial charge in [0.15, 0.2) is 0 Å². The van der Waals surface area contributed by atoms with Crippen LogP contribution in [0.4, 0.5) is 5.69 Å². The Morgan fingerprint density at radius 2 is 1.57 bits per heavy atom. The number of carbonyl (C=O) groups excluding carboxylic acids is 2. The summed E-state index contributed by atoms with van der Waals surface area (Å²) in [6.07, 6.45) is 2.13. The van der Waals surface area contributed by atoms with E-state index in [1.54, 1.807) is 17.0 Å². The second-order valence-electron chi connectivity index (χ2n) is 9.26. The number of nitrogens with zero attached hydrogens (tertiary/aromatic N) is 2. The summed E-state index contributed by atoms with van der Waals surface area (Å²) >= 11 is 0. The van der Waals surface area contributed by atoms with Crippen LogP contribution in [0.5, 0.6) is 0 Å². The number of hydrogen-bond donors (Lipinski definition) is 1. The summed E-state index contributed by atoms with van der Waals surface area (Å²) in [5.41, 5.74) is 3.49. The van der Waals surface area contributed by atoms with E-state index in [-0.39, 0.29) is 30.8 Å². The minimum absolute atomic E-state index is 0.0376. The predicted octanol–water partition coefficient (Wildman–Crippen LogP) is 4.18. The fraction of sp³-hybridized carbons (Fsp3) is 0.481. The molecule has 192 valence electrons. The van der Waals surface area contributed by atoms with Crippen LogP contribution >= 0.6 is 0 Å². The fourth-order valence-electron chi connectivity index (χ4n) is 4.10. The minimum Gasteiger partial charge on any atom is -0.352 e. The molecule has 0 aromatic heterocycles. The molecular formula is C27H39N3O4S. The lowest BCUT2D eigenvalue weighted by atomic mass is 10.0. The van der Waals surface area contributed by atoms with E-state index in [2.05, 4.69) is 5.32 Å². The van der Waals surface area contributed by atoms with Crippen molar-refractivity contribution >= 4 is 27.5 Å². The third-order valence-electron chi connectivity index (χ3n) is 5.96. The second-order valence-corrected chi connectivity index (χ2v) is 11.2. The van der Waals surface area contributed by atoms with Gasteiger partial charge < -0.3 is 10.2 Å². The Bertz CT molecular complexity index is 1110. The van der Waals surface area contributed by atoms with Gasteiger partial charge in [-0.2, -0.15) is 0 Å². The molecule has 0 aliphatic carbocycles. The summed E-state index contributed by atoms with van der Waals surface area (Å²) in [6, 6.07) is 14.5. The summed E-state index contributed by atoms with van der Waals surface area (Å²) in [4.78, 5) is 28.0. The van der Waals surface area contributed by atoms with Crippen LogP contribution in [0.3, 0.4) is 0 Å². The molecule has 7 nitrogen and oxygen atoms in total. The van der Waals surface area contributed by atoms with Crippen LogP contribution in [-0.4, -0.2) is 50.0 Å². The smallest absolute Gasteiger partial charge is 0.243 e. The first-order chi connectivity index (χ1) is 16.5. The monoisotopic (exact) mass is 501 g/mol. The Morgan fingerprint density at radius 3 is 2.11 bits per heavy atom. The van der Waals surface area contributed by atoms with Gasteiger partial charge in [-0.25, -0.2) is 8.42 Å². The second kappa shape index (κ2) is 12.7. The lowest BCUT2D eigenvalue weighted by molar-refractivity contribution is -0.141. The van der Waals surface area contributed by atoms with Gasteiger partial charge in [0.1, 0.15) is 6.04 Å². The van der Waals surface area contributed by atoms with Crippen LogP contribution < -0.4 is 9.62 Å². The first-order valence-electron chi connectivity index (χ1n) is 12.1. The van der Waals surface area contributed by atoms with Crippen molar-refractivity contribution in [1.29, 1.82) is 0 Å². The number of benzene rings is 2. The molecule has 0 aliphatic heterocycles. The van der Waals surface area contributed by atoms with Crippen molar-refractivity contribution < 1.29 is 18.0 Å². The van der Waals surface area contributed by atoms with E-state index in [0.717, 1.165) is 16.7 Å². The molecule has 0 radical (unpaired) electrons. The summed E-state index contributed by atoms with van der Waals surface area (Å²) in [5.74, 6) is -0.348. The van der Waals surface area contributed by atoms with E-state index in [0.29, 0.717) is 25.1 Å². The molecule has 0 heterocycles. The Balaban J connectivity index is 2.24. The van der Waals surface area contributed by atoms with Crippen molar-refractivity contribution in [3.63, 3.8) is 0 Å². The molecule has 1 atom stereocenters. The summed E-state index contributed by atoms with van der Waals surface area (Å²) < 4.78 is 26.3. The number of carbonyl (C=O) groups is 2. The topological polar surface area (TPSA) is 86.8 Å². The number of para-hydroxylation sites is 1. The molecule has 2 amide bonds. The minimum atomic E-state index is -3.52. The van der Waals surface area contributed by atoms with Gasteiger partial charge in [0.25, 0.3) is 0 Å². The quantitative estimate of drug-likeness (QED) is 0.473. The molecule has 2 rings (SSSR count). The lowest BCUT2D eigenvalue weighted by Gasteiger charge is -2.32. The number of sulfonamides is 1. The van der Waals surface area contributed by atoms with Gasteiger partial charge in [-0.05, 0) is 63.3 Å². The maximum Gasteiger partial charge on any atom is 0.243 e. The Labute approximate surface area is 210 Å². The third kappa shape index (κ3) is 8.09. The zero-order valence-electron chi connectivity index (χ0n) is 21.7. The first kappa shape index (κ1) is 28.4. The van der Waals surface area contributed by atoms with Gasteiger partial charge in [0.2, 0.25) is 21.8 Å². The van der Waals surface area contributed by atoms with Gasteiger partial charge in [0, 0.05) is 25.6 Å². The summed E-state index contributed by atoms with van der Waals surface area (Å²) in [7, 11) is -3.52. The van der Waals surface area contributed by atoms with E-state index >= 15 is 0 Å². The highest BCUT2D eigenvalue weighted by atomic mass is 32.2. The molecule has 35 heavy (non-hydrogen) atoms. The normalized spacial score (nSPS) is 12.3. The molecule has 0 aliphatic rings. The van der Waals surface area contributed by atoms with Crippen LogP contribution in [0, 0.1) is 13.8 Å². The van der Waals surface area contributed by atoms with E-state index < -0.39 is 16.1 Å². The van der Waals surface area contributed by atoms with E-state index in [1.165, 1.54) is 10.6 Å². The number of rotatable bonds is 12. The van der Waals surface area contributed by atoms with E-state index in [1.807, 2.05) is 71.0 Å². The van der Waals surface area contributed by atoms with E-state index in [9.17, 15) is 18.0 Å². The Morgan fingerprint density at radius 1 is 0.971 bits per heavy atom. The number of hydrogen-bond acceptors (Lipinski definition) is 4. The molecule has 0 saturated carbocycles. The fourth-order valence-corrected chi connectivity index (χ4v) is 5.12. The van der Waals surface area contributed by atoms with Crippen molar-refractivity contribution in [1.82, 2.24) is 10.2 Å². The van der Waals surface area contributed by atoms with Gasteiger partial charge in [-0.15, -0.1) is 0 Å². The van der Waals surface area contributed by atoms with Crippen molar-refractivity contribution in [2.45, 2.75) is 72.5 Å². The van der Waals surface area contributed by atoms with Crippen molar-refractivity contribution in [3.8, 4) is 0 Å². The summed E-state index contributed by atoms with van der Waals surface area (Å²) in [5, 5.41) is 2.93. The molecule has 0 saturated heterocycles. The van der Waals surface area contributed by atoms with Crippen LogP contribution in [0.25, 0.3) is 0 Å². The van der Waals surface area contributed by atoms with Crippen molar-refractivity contribution in [2.75, 3.05) is 17.1 Å². The van der Waals surface area contributed by atoms with Crippen molar-refractivity contribution in [2.24, 2.45) is 0 Å². The third-order valence-corrected chi connectivity index (χ3v) is 7.14. The maximum absolute atomic E-state index is 13.5. The van der Waals surface area contributed by atoms with Crippen LogP contribution in [0.15, 0.2) is 48.5 Å². The highest BCUT2D eigenvalue weighted by molar-refractivity contribution is 7.92. The van der Waals surface area contributed by atoms with Crippen LogP contribution in [-0.2, 0) is 26.2 Å². The molecule has 0 bridgehead atoms. The predicted molar refractivity (Wildman–Crippen MR) is 142 cm³/mol. The molecule has 2 aromatic carbocycles. The van der Waals surface area contributed by atoms with Gasteiger partial charge in [-0.1, -0.05) is 49.4 Å². The standard InChI is InChI=1S/C27H39N3O4S/c1-7-24(27(32)28-20(2)3)29(19-23-15-10-8-13-21(23)4)26(31)17-12-18-30(35(6,33)34)25-16-11-9-14-22(25)5/h8-11,13-16,20,24H,7,12,17-19H2,1-6H3,(H,28,32). The number of aryl methyl sites for hydroxylation is 2. The molecule has 0 spiro atoms. The molecule has 2 aromatic rings. The highest BCUT2D eigenvalue weighted by Gasteiger charge is 2.29. The molecule has 0 fully saturated rings. The number of amides is 2. The molecule has 8 heteroatoms. The first-order valence-corrected chi connectivity index (χ1v) is 14.0. The largest absolute Gasteiger partial charge is 0.352 e. The van der Waals surface area contributed by atoms with Crippen molar-refractivity contribution in [3.05, 3.63) is 65.2 Å². The molecular weight excluding hydrogens is 462 g/mol. The van der Waals surface area contributed by atoms with Gasteiger partial charge in [-0.3, -0.25) is 13.9 Å². The number of nitrogens with one attached hydrogen (secondary N) is 1. The average molecular weight is 502 g/mol. The molecule has 1 N–H and O–H groups in total.